The molecule has 4 heteroatoms. The predicted octanol–water partition coefficient (Wildman–Crippen LogP) is 3.35. The monoisotopic (exact) mass is 242 g/mol. The van der Waals surface area contributed by atoms with Crippen molar-refractivity contribution in [3.63, 3.8) is 0 Å². The van der Waals surface area contributed by atoms with Crippen LogP contribution in [-0.2, 0) is 0 Å². The van der Waals surface area contributed by atoms with E-state index in [2.05, 4.69) is 9.97 Å². The van der Waals surface area contributed by atoms with Gasteiger partial charge in [-0.1, -0.05) is 11.0 Å². The Balaban J connectivity index is 2.41. The first kappa shape index (κ1) is 12.4. The topological polar surface area (TPSA) is 45.9 Å². The zero-order chi connectivity index (χ0) is 13.2. The molecule has 0 unspecified atom stereocenters. The van der Waals surface area contributed by atoms with Gasteiger partial charge in [-0.15, -0.1) is 0 Å². The van der Waals surface area contributed by atoms with Crippen LogP contribution in [-0.4, -0.2) is 20.3 Å². The lowest BCUT2D eigenvalue weighted by Gasteiger charge is -2.11. The number of rotatable bonds is 2. The molecule has 2 heterocycles. The molecule has 18 heavy (non-hydrogen) atoms. The standard InChI is InChI=1S/C14H16N3O/c1-14(2,3)17(18)13-9-6-8-12(16-13)11-7-4-5-10-15-11/h4-10H,1-3H3/q+1. The van der Waals surface area contributed by atoms with Gasteiger partial charge < -0.3 is 0 Å². The highest BCUT2D eigenvalue weighted by molar-refractivity contribution is 5.54. The molecule has 0 saturated carbocycles. The van der Waals surface area contributed by atoms with Crippen molar-refractivity contribution in [2.24, 2.45) is 0 Å². The van der Waals surface area contributed by atoms with Crippen LogP contribution in [0.2, 0.25) is 0 Å². The number of hydrogen-bond donors (Lipinski definition) is 0. The van der Waals surface area contributed by atoms with Crippen LogP contribution in [0.3, 0.4) is 0 Å². The quantitative estimate of drug-likeness (QED) is 0.758. The smallest absolute Gasteiger partial charge is 0.252 e. The number of nitrogens with zero attached hydrogens (tertiary/aromatic N) is 3. The molecule has 92 valence electrons. The van der Waals surface area contributed by atoms with Crippen LogP contribution in [0.5, 0.6) is 0 Å². The van der Waals surface area contributed by atoms with Crippen LogP contribution < -0.4 is 0 Å². The Kier molecular flexibility index (Phi) is 3.19. The van der Waals surface area contributed by atoms with Crippen molar-refractivity contribution < 1.29 is 4.76 Å². The highest BCUT2D eigenvalue weighted by atomic mass is 16.3. The molecule has 2 rings (SSSR count). The lowest BCUT2D eigenvalue weighted by atomic mass is 10.1. The Bertz CT molecular complexity index is 559. The van der Waals surface area contributed by atoms with Crippen LogP contribution in [0.15, 0.2) is 42.6 Å². The van der Waals surface area contributed by atoms with Crippen molar-refractivity contribution in [3.8, 4) is 11.4 Å². The summed E-state index contributed by atoms with van der Waals surface area (Å²) < 4.78 is 0.916. The van der Waals surface area contributed by atoms with Gasteiger partial charge in [-0.2, -0.15) is 0 Å². The third-order valence-electron chi connectivity index (χ3n) is 2.48. The molecular weight excluding hydrogens is 226 g/mol. The maximum Gasteiger partial charge on any atom is 0.362 e. The van der Waals surface area contributed by atoms with Gasteiger partial charge in [0.25, 0.3) is 0 Å². The Labute approximate surface area is 106 Å². The fourth-order valence-corrected chi connectivity index (χ4v) is 1.54. The highest BCUT2D eigenvalue weighted by Crippen LogP contribution is 2.21. The fraction of sp³-hybridized carbons (Fsp3) is 0.286. The Morgan fingerprint density at radius 3 is 2.33 bits per heavy atom. The molecule has 0 aliphatic heterocycles. The second-order valence-electron chi connectivity index (χ2n) is 5.06. The molecule has 2 aromatic rings. The van der Waals surface area contributed by atoms with E-state index in [1.54, 1.807) is 12.3 Å². The minimum atomic E-state index is -0.504. The predicted molar refractivity (Wildman–Crippen MR) is 70.5 cm³/mol. The lowest BCUT2D eigenvalue weighted by molar-refractivity contribution is -0.543. The number of aromatic nitrogens is 2. The molecule has 0 bridgehead atoms. The summed E-state index contributed by atoms with van der Waals surface area (Å²) in [5.41, 5.74) is 0.968. The summed E-state index contributed by atoms with van der Waals surface area (Å²) in [6, 6.07) is 11.0. The zero-order valence-electron chi connectivity index (χ0n) is 10.8. The van der Waals surface area contributed by atoms with E-state index in [1.807, 2.05) is 51.1 Å². The van der Waals surface area contributed by atoms with Crippen LogP contribution in [0, 0.1) is 4.91 Å². The van der Waals surface area contributed by atoms with E-state index in [-0.39, 0.29) is 0 Å². The largest absolute Gasteiger partial charge is 0.362 e. The minimum absolute atomic E-state index is 0.408. The fourth-order valence-electron chi connectivity index (χ4n) is 1.54. The summed E-state index contributed by atoms with van der Waals surface area (Å²) in [6.45, 7) is 5.57. The molecule has 0 spiro atoms. The summed E-state index contributed by atoms with van der Waals surface area (Å²) in [5.74, 6) is 0.408. The van der Waals surface area contributed by atoms with Gasteiger partial charge in [-0.3, -0.25) is 4.98 Å². The van der Waals surface area contributed by atoms with Crippen LogP contribution in [0.25, 0.3) is 11.4 Å². The molecule has 0 aromatic carbocycles. The van der Waals surface area contributed by atoms with Crippen molar-refractivity contribution in [1.29, 1.82) is 0 Å². The zero-order valence-corrected chi connectivity index (χ0v) is 10.8. The third-order valence-corrected chi connectivity index (χ3v) is 2.48. The Morgan fingerprint density at radius 2 is 1.72 bits per heavy atom. The SMILES string of the molecule is CC(C)(C)[N+](=O)c1cccc(-c2ccccn2)n1. The van der Waals surface area contributed by atoms with Gasteiger partial charge >= 0.3 is 5.82 Å². The Hall–Kier alpha value is -2.10. The van der Waals surface area contributed by atoms with Crippen molar-refractivity contribution >= 4 is 5.82 Å². The molecule has 4 nitrogen and oxygen atoms in total. The van der Waals surface area contributed by atoms with Crippen LogP contribution in [0.4, 0.5) is 5.82 Å². The number of nitroso groups, excluding NO2 is 1. The molecule has 0 atom stereocenters. The molecular formula is C14H16N3O+. The maximum atomic E-state index is 12.1. The van der Waals surface area contributed by atoms with Crippen molar-refractivity contribution in [2.75, 3.05) is 0 Å². The summed E-state index contributed by atoms with van der Waals surface area (Å²) in [5, 5.41) is 0. The average molecular weight is 242 g/mol. The van der Waals surface area contributed by atoms with Gasteiger partial charge in [0.2, 0.25) is 5.69 Å². The van der Waals surface area contributed by atoms with E-state index in [9.17, 15) is 4.91 Å². The molecule has 0 aliphatic rings. The first-order chi connectivity index (χ1) is 8.48. The highest BCUT2D eigenvalue weighted by Gasteiger charge is 2.29. The summed E-state index contributed by atoms with van der Waals surface area (Å²) in [7, 11) is 0. The van der Waals surface area contributed by atoms with Gasteiger partial charge in [0, 0.05) is 12.3 Å². The molecule has 0 saturated heterocycles. The van der Waals surface area contributed by atoms with Gasteiger partial charge in [0.1, 0.15) is 11.2 Å². The van der Waals surface area contributed by atoms with Crippen LogP contribution >= 0.6 is 0 Å². The van der Waals surface area contributed by atoms with Crippen LogP contribution in [0.1, 0.15) is 20.8 Å². The normalized spacial score (nSPS) is 11.3. The molecule has 0 aliphatic carbocycles. The van der Waals surface area contributed by atoms with Gasteiger partial charge in [-0.05, 0) is 54.8 Å². The lowest BCUT2D eigenvalue weighted by Crippen LogP contribution is -2.27. The van der Waals surface area contributed by atoms with E-state index in [0.29, 0.717) is 11.5 Å². The molecule has 0 N–H and O–H groups in total. The second-order valence-corrected chi connectivity index (χ2v) is 5.06. The summed E-state index contributed by atoms with van der Waals surface area (Å²) in [6.07, 6.45) is 1.71. The average Bonchev–Trinajstić information content (AvgIpc) is 2.38. The van der Waals surface area contributed by atoms with Crippen molar-refractivity contribution in [1.82, 2.24) is 9.97 Å². The maximum absolute atomic E-state index is 12.1. The molecule has 0 radical (unpaired) electrons. The van der Waals surface area contributed by atoms with Gasteiger partial charge in [0.15, 0.2) is 0 Å². The van der Waals surface area contributed by atoms with E-state index in [0.717, 1.165) is 10.5 Å². The first-order valence-electron chi connectivity index (χ1n) is 5.84. The molecule has 0 fully saturated rings. The minimum Gasteiger partial charge on any atom is -0.252 e. The van der Waals surface area contributed by atoms with Gasteiger partial charge in [0.05, 0.1) is 0 Å². The van der Waals surface area contributed by atoms with E-state index < -0.39 is 5.54 Å². The van der Waals surface area contributed by atoms with E-state index in [4.69, 9.17) is 0 Å². The second kappa shape index (κ2) is 4.64. The number of hydrogen-bond acceptors (Lipinski definition) is 3. The Morgan fingerprint density at radius 1 is 1.00 bits per heavy atom. The van der Waals surface area contributed by atoms with Gasteiger partial charge in [-0.25, -0.2) is 0 Å². The molecule has 2 aromatic heterocycles. The number of pyridine rings is 2. The summed E-state index contributed by atoms with van der Waals surface area (Å²) >= 11 is 0. The molecule has 0 amide bonds. The van der Waals surface area contributed by atoms with E-state index >= 15 is 0 Å². The van der Waals surface area contributed by atoms with E-state index in [1.165, 1.54) is 0 Å². The van der Waals surface area contributed by atoms with Crippen molar-refractivity contribution in [3.05, 3.63) is 47.5 Å². The first-order valence-corrected chi connectivity index (χ1v) is 5.84. The van der Waals surface area contributed by atoms with Crippen molar-refractivity contribution in [2.45, 2.75) is 26.3 Å². The third kappa shape index (κ3) is 2.59. The summed E-state index contributed by atoms with van der Waals surface area (Å²) in [4.78, 5) is 20.7.